The van der Waals surface area contributed by atoms with Gasteiger partial charge in [-0.3, -0.25) is 9.78 Å². The van der Waals surface area contributed by atoms with Crippen molar-refractivity contribution in [3.05, 3.63) is 53.3 Å². The monoisotopic (exact) mass is 261 g/mol. The van der Waals surface area contributed by atoms with E-state index in [2.05, 4.69) is 4.98 Å². The van der Waals surface area contributed by atoms with E-state index < -0.39 is 0 Å². The molecule has 92 valence electrons. The first-order valence-electron chi connectivity index (χ1n) is 5.60. The van der Waals surface area contributed by atoms with Gasteiger partial charge in [0.2, 0.25) is 0 Å². The molecule has 1 aromatic heterocycles. The Morgan fingerprint density at radius 3 is 2.56 bits per heavy atom. The van der Waals surface area contributed by atoms with Gasteiger partial charge < -0.3 is 4.74 Å². The molecule has 1 aromatic carbocycles. The fourth-order valence-corrected chi connectivity index (χ4v) is 1.66. The molecule has 0 N–H and O–H groups in total. The fourth-order valence-electron chi connectivity index (χ4n) is 1.50. The van der Waals surface area contributed by atoms with Crippen molar-refractivity contribution in [1.29, 1.82) is 0 Å². The van der Waals surface area contributed by atoms with E-state index in [1.54, 1.807) is 36.5 Å². The predicted octanol–water partition coefficient (Wildman–Crippen LogP) is 4.12. The van der Waals surface area contributed by atoms with Crippen LogP contribution in [0, 0.1) is 0 Å². The van der Waals surface area contributed by atoms with Crippen LogP contribution in [0.4, 0.5) is 0 Å². The van der Waals surface area contributed by atoms with E-state index >= 15 is 0 Å². The summed E-state index contributed by atoms with van der Waals surface area (Å²) in [6.45, 7) is 1.84. The molecule has 0 spiro atoms. The highest BCUT2D eigenvalue weighted by Gasteiger charge is 2.03. The van der Waals surface area contributed by atoms with Gasteiger partial charge in [0, 0.05) is 24.2 Å². The predicted molar refractivity (Wildman–Crippen MR) is 70.4 cm³/mol. The molecule has 4 heteroatoms. The molecule has 0 saturated heterocycles. The van der Waals surface area contributed by atoms with Gasteiger partial charge in [-0.2, -0.15) is 0 Å². The molecule has 0 aliphatic rings. The Balaban J connectivity index is 2.13. The quantitative estimate of drug-likeness (QED) is 0.777. The van der Waals surface area contributed by atoms with Crippen LogP contribution >= 0.6 is 11.6 Å². The number of carbonyl (C=O) groups is 1. The van der Waals surface area contributed by atoms with E-state index in [1.807, 2.05) is 6.92 Å². The van der Waals surface area contributed by atoms with Gasteiger partial charge in [-0.05, 0) is 24.3 Å². The van der Waals surface area contributed by atoms with E-state index in [0.717, 1.165) is 0 Å². The Kier molecular flexibility index (Phi) is 3.95. The van der Waals surface area contributed by atoms with Crippen LogP contribution < -0.4 is 4.74 Å². The van der Waals surface area contributed by atoms with Gasteiger partial charge in [-0.25, -0.2) is 0 Å². The molecule has 18 heavy (non-hydrogen) atoms. The fraction of sp³-hybridized carbons (Fsp3) is 0.143. The number of rotatable bonds is 4. The Hall–Kier alpha value is -1.87. The van der Waals surface area contributed by atoms with Crippen molar-refractivity contribution in [2.45, 2.75) is 13.3 Å². The van der Waals surface area contributed by atoms with Crippen LogP contribution in [-0.2, 0) is 0 Å². The molecule has 0 saturated carbocycles. The van der Waals surface area contributed by atoms with Crippen LogP contribution in [0.5, 0.6) is 11.5 Å². The maximum absolute atomic E-state index is 11.5. The third-order valence-electron chi connectivity index (χ3n) is 2.41. The van der Waals surface area contributed by atoms with Crippen molar-refractivity contribution >= 4 is 17.4 Å². The molecule has 0 bridgehead atoms. The Morgan fingerprint density at radius 2 is 1.94 bits per heavy atom. The maximum Gasteiger partial charge on any atom is 0.162 e. The lowest BCUT2D eigenvalue weighted by Crippen LogP contribution is -1.95. The first-order chi connectivity index (χ1) is 8.69. The van der Waals surface area contributed by atoms with Crippen molar-refractivity contribution in [2.75, 3.05) is 0 Å². The molecule has 0 aliphatic carbocycles. The highest BCUT2D eigenvalue weighted by atomic mass is 35.5. The van der Waals surface area contributed by atoms with Gasteiger partial charge in [0.25, 0.3) is 0 Å². The number of nitrogens with zero attached hydrogens (tertiary/aromatic N) is 1. The molecule has 0 radical (unpaired) electrons. The van der Waals surface area contributed by atoms with Crippen molar-refractivity contribution in [3.63, 3.8) is 0 Å². The van der Waals surface area contributed by atoms with Crippen molar-refractivity contribution in [2.24, 2.45) is 0 Å². The van der Waals surface area contributed by atoms with Crippen LogP contribution in [0.1, 0.15) is 23.7 Å². The zero-order valence-electron chi connectivity index (χ0n) is 9.89. The number of ether oxygens (including phenoxy) is 1. The minimum Gasteiger partial charge on any atom is -0.456 e. The molecule has 2 rings (SSSR count). The normalized spacial score (nSPS) is 10.1. The summed E-state index contributed by atoms with van der Waals surface area (Å²) in [4.78, 5) is 15.4. The van der Waals surface area contributed by atoms with E-state index in [4.69, 9.17) is 16.3 Å². The highest BCUT2D eigenvalue weighted by molar-refractivity contribution is 6.30. The lowest BCUT2D eigenvalue weighted by molar-refractivity contribution is 0.0988. The van der Waals surface area contributed by atoms with Gasteiger partial charge in [0.15, 0.2) is 5.78 Å². The lowest BCUT2D eigenvalue weighted by Gasteiger charge is -2.06. The van der Waals surface area contributed by atoms with Gasteiger partial charge in [0.05, 0.1) is 11.2 Å². The minimum absolute atomic E-state index is 0.117. The number of carbonyl (C=O) groups excluding carboxylic acids is 1. The number of aromatic nitrogens is 1. The Morgan fingerprint density at radius 1 is 1.22 bits per heavy atom. The van der Waals surface area contributed by atoms with Crippen LogP contribution in [0.2, 0.25) is 5.02 Å². The summed E-state index contributed by atoms with van der Waals surface area (Å²) in [6.07, 6.45) is 3.62. The third kappa shape index (κ3) is 3.08. The lowest BCUT2D eigenvalue weighted by atomic mass is 10.1. The molecule has 0 unspecified atom stereocenters. The van der Waals surface area contributed by atoms with Crippen LogP contribution in [0.3, 0.4) is 0 Å². The number of benzene rings is 1. The van der Waals surface area contributed by atoms with Crippen molar-refractivity contribution in [1.82, 2.24) is 4.98 Å². The SMILES string of the molecule is CCC(=O)c1ccc(Oc2cncc(Cl)c2)cc1. The van der Waals surface area contributed by atoms with E-state index in [0.29, 0.717) is 28.5 Å². The molecule has 0 aliphatic heterocycles. The summed E-state index contributed by atoms with van der Waals surface area (Å²) in [5.74, 6) is 1.33. The first-order valence-corrected chi connectivity index (χ1v) is 5.98. The average molecular weight is 262 g/mol. The van der Waals surface area contributed by atoms with E-state index in [1.165, 1.54) is 6.20 Å². The first kappa shape index (κ1) is 12.6. The smallest absolute Gasteiger partial charge is 0.162 e. The molecule has 1 heterocycles. The number of pyridine rings is 1. The summed E-state index contributed by atoms with van der Waals surface area (Å²) in [6, 6.07) is 8.69. The highest BCUT2D eigenvalue weighted by Crippen LogP contribution is 2.23. The standard InChI is InChI=1S/C14H12ClNO2/c1-2-14(17)10-3-5-12(6-4-10)18-13-7-11(15)8-16-9-13/h3-9H,2H2,1H3. The Labute approximate surface area is 110 Å². The van der Waals surface area contributed by atoms with Crippen LogP contribution in [0.15, 0.2) is 42.7 Å². The van der Waals surface area contributed by atoms with Gasteiger partial charge in [0.1, 0.15) is 11.5 Å². The number of ketones is 1. The number of Topliss-reactive ketones (excluding diaryl/α,β-unsaturated/α-hetero) is 1. The summed E-state index contributed by atoms with van der Waals surface area (Å²) in [7, 11) is 0. The number of hydrogen-bond acceptors (Lipinski definition) is 3. The molecular weight excluding hydrogens is 250 g/mol. The zero-order valence-corrected chi connectivity index (χ0v) is 10.6. The third-order valence-corrected chi connectivity index (χ3v) is 2.62. The van der Waals surface area contributed by atoms with Crippen LogP contribution in [0.25, 0.3) is 0 Å². The average Bonchev–Trinajstić information content (AvgIpc) is 2.39. The summed E-state index contributed by atoms with van der Waals surface area (Å²) in [5.41, 5.74) is 0.689. The van der Waals surface area contributed by atoms with Gasteiger partial charge in [-0.15, -0.1) is 0 Å². The van der Waals surface area contributed by atoms with Gasteiger partial charge in [-0.1, -0.05) is 18.5 Å². The summed E-state index contributed by atoms with van der Waals surface area (Å²) < 4.78 is 5.57. The van der Waals surface area contributed by atoms with E-state index in [9.17, 15) is 4.79 Å². The second kappa shape index (κ2) is 5.65. The molecular formula is C14H12ClNO2. The second-order valence-electron chi connectivity index (χ2n) is 3.74. The number of halogens is 1. The molecule has 0 amide bonds. The zero-order chi connectivity index (χ0) is 13.0. The van der Waals surface area contributed by atoms with Gasteiger partial charge >= 0.3 is 0 Å². The minimum atomic E-state index is 0.117. The number of hydrogen-bond donors (Lipinski definition) is 0. The maximum atomic E-state index is 11.5. The largest absolute Gasteiger partial charge is 0.456 e. The Bertz CT molecular complexity index is 552. The van der Waals surface area contributed by atoms with Crippen molar-refractivity contribution in [3.8, 4) is 11.5 Å². The van der Waals surface area contributed by atoms with Crippen molar-refractivity contribution < 1.29 is 9.53 Å². The van der Waals surface area contributed by atoms with E-state index in [-0.39, 0.29) is 5.78 Å². The summed E-state index contributed by atoms with van der Waals surface area (Å²) >= 11 is 5.81. The molecule has 0 atom stereocenters. The second-order valence-corrected chi connectivity index (χ2v) is 4.18. The molecule has 3 nitrogen and oxygen atoms in total. The molecule has 2 aromatic rings. The topological polar surface area (TPSA) is 39.2 Å². The van der Waals surface area contributed by atoms with Crippen LogP contribution in [-0.4, -0.2) is 10.8 Å². The summed E-state index contributed by atoms with van der Waals surface area (Å²) in [5, 5.41) is 0.519. The molecule has 0 fully saturated rings.